The van der Waals surface area contributed by atoms with Gasteiger partial charge in [-0.25, -0.2) is 4.79 Å². The number of aromatic amines is 1. The predicted octanol–water partition coefficient (Wildman–Crippen LogP) is 2.70. The predicted molar refractivity (Wildman–Crippen MR) is 73.6 cm³/mol. The van der Waals surface area contributed by atoms with Crippen molar-refractivity contribution in [3.05, 3.63) is 41.6 Å². The molecular formula is C15H15NO4. The number of nitrogens with one attached hydrogen (secondary N) is 1. The number of carbonyl (C=O) groups excluding carboxylic acids is 2. The van der Waals surface area contributed by atoms with Crippen molar-refractivity contribution in [1.29, 1.82) is 0 Å². The number of esters is 2. The van der Waals surface area contributed by atoms with Gasteiger partial charge in [0, 0.05) is 18.2 Å². The molecule has 2 aromatic rings. The van der Waals surface area contributed by atoms with Crippen LogP contribution < -0.4 is 4.74 Å². The monoisotopic (exact) mass is 273 g/mol. The number of benzene rings is 1. The number of aryl methyl sites for hydroxylation is 1. The van der Waals surface area contributed by atoms with E-state index in [1.807, 2.05) is 30.3 Å². The Bertz CT molecular complexity index is 643. The van der Waals surface area contributed by atoms with E-state index < -0.39 is 11.9 Å². The second kappa shape index (κ2) is 5.61. The third kappa shape index (κ3) is 2.56. The first-order valence-corrected chi connectivity index (χ1v) is 6.09. The molecule has 0 spiro atoms. The Morgan fingerprint density at radius 3 is 2.35 bits per heavy atom. The maximum Gasteiger partial charge on any atom is 0.343 e. The molecule has 20 heavy (non-hydrogen) atoms. The quantitative estimate of drug-likeness (QED) is 0.873. The van der Waals surface area contributed by atoms with E-state index in [0.29, 0.717) is 11.4 Å². The van der Waals surface area contributed by atoms with Crippen LogP contribution in [0.3, 0.4) is 0 Å². The minimum Gasteiger partial charge on any atom is -0.465 e. The summed E-state index contributed by atoms with van der Waals surface area (Å²) in [5.74, 6) is -0.837. The smallest absolute Gasteiger partial charge is 0.343 e. The first-order valence-electron chi connectivity index (χ1n) is 6.09. The van der Waals surface area contributed by atoms with E-state index in [1.165, 1.54) is 14.0 Å². The zero-order chi connectivity index (χ0) is 14.7. The van der Waals surface area contributed by atoms with Crippen molar-refractivity contribution < 1.29 is 19.1 Å². The molecule has 5 heteroatoms. The standard InChI is InChI=1S/C15H15NO4/c1-9-12(15(18)19-3)14(20-10(2)17)13(16-9)11-7-5-4-6-8-11/h4-8,16H,1-3H3. The molecule has 104 valence electrons. The topological polar surface area (TPSA) is 68.4 Å². The fourth-order valence-electron chi connectivity index (χ4n) is 2.00. The van der Waals surface area contributed by atoms with Crippen molar-refractivity contribution in [1.82, 2.24) is 4.98 Å². The maximum absolute atomic E-state index is 11.8. The van der Waals surface area contributed by atoms with E-state index >= 15 is 0 Å². The number of hydrogen-bond acceptors (Lipinski definition) is 4. The summed E-state index contributed by atoms with van der Waals surface area (Å²) in [7, 11) is 1.29. The number of methoxy groups -OCH3 is 1. The van der Waals surface area contributed by atoms with E-state index in [1.54, 1.807) is 6.92 Å². The molecule has 0 aliphatic heterocycles. The third-order valence-electron chi connectivity index (χ3n) is 2.84. The molecule has 1 aromatic heterocycles. The zero-order valence-electron chi connectivity index (χ0n) is 11.5. The van der Waals surface area contributed by atoms with Crippen molar-refractivity contribution in [2.24, 2.45) is 0 Å². The lowest BCUT2D eigenvalue weighted by molar-refractivity contribution is -0.131. The minimum atomic E-state index is -0.544. The maximum atomic E-state index is 11.8. The average molecular weight is 273 g/mol. The van der Waals surface area contributed by atoms with E-state index in [4.69, 9.17) is 9.47 Å². The van der Waals surface area contributed by atoms with Crippen LogP contribution in [0.4, 0.5) is 0 Å². The third-order valence-corrected chi connectivity index (χ3v) is 2.84. The molecule has 0 fully saturated rings. The normalized spacial score (nSPS) is 10.2. The van der Waals surface area contributed by atoms with Gasteiger partial charge < -0.3 is 14.5 Å². The van der Waals surface area contributed by atoms with E-state index in [9.17, 15) is 9.59 Å². The number of hydrogen-bond donors (Lipinski definition) is 1. The van der Waals surface area contributed by atoms with Crippen LogP contribution in [0.25, 0.3) is 11.3 Å². The number of rotatable bonds is 3. The number of carbonyl (C=O) groups is 2. The van der Waals surface area contributed by atoms with Crippen LogP contribution in [0, 0.1) is 6.92 Å². The lowest BCUT2D eigenvalue weighted by Crippen LogP contribution is -2.08. The summed E-state index contributed by atoms with van der Waals surface area (Å²) in [6.07, 6.45) is 0. The van der Waals surface area contributed by atoms with Crippen molar-refractivity contribution in [3.63, 3.8) is 0 Å². The van der Waals surface area contributed by atoms with Gasteiger partial charge in [0.25, 0.3) is 0 Å². The van der Waals surface area contributed by atoms with Gasteiger partial charge in [0.05, 0.1) is 12.8 Å². The Balaban J connectivity index is 2.63. The van der Waals surface area contributed by atoms with Gasteiger partial charge in [-0.15, -0.1) is 0 Å². The fourth-order valence-corrected chi connectivity index (χ4v) is 2.00. The lowest BCUT2D eigenvalue weighted by atomic mass is 10.1. The fraction of sp³-hybridized carbons (Fsp3) is 0.200. The SMILES string of the molecule is COC(=O)c1c(C)[nH]c(-c2ccccc2)c1OC(C)=O. The van der Waals surface area contributed by atoms with E-state index in [-0.39, 0.29) is 11.3 Å². The Kier molecular flexibility index (Phi) is 3.89. The van der Waals surface area contributed by atoms with E-state index in [2.05, 4.69) is 4.98 Å². The molecule has 1 aromatic carbocycles. The highest BCUT2D eigenvalue weighted by Gasteiger charge is 2.25. The lowest BCUT2D eigenvalue weighted by Gasteiger charge is -2.06. The van der Waals surface area contributed by atoms with Gasteiger partial charge in [0.15, 0.2) is 5.75 Å². The zero-order valence-corrected chi connectivity index (χ0v) is 11.5. The number of H-pyrrole nitrogens is 1. The number of ether oxygens (including phenoxy) is 2. The van der Waals surface area contributed by atoms with Crippen LogP contribution in [0.5, 0.6) is 5.75 Å². The van der Waals surface area contributed by atoms with Crippen LogP contribution in [0.2, 0.25) is 0 Å². The van der Waals surface area contributed by atoms with Crippen molar-refractivity contribution in [2.75, 3.05) is 7.11 Å². The molecule has 0 atom stereocenters. The van der Waals surface area contributed by atoms with Gasteiger partial charge in [0.1, 0.15) is 5.56 Å². The highest BCUT2D eigenvalue weighted by atomic mass is 16.5. The first kappa shape index (κ1) is 13.9. The van der Waals surface area contributed by atoms with Gasteiger partial charge in [0.2, 0.25) is 0 Å². The second-order valence-corrected chi connectivity index (χ2v) is 4.28. The van der Waals surface area contributed by atoms with Crippen LogP contribution in [-0.4, -0.2) is 24.0 Å². The molecule has 5 nitrogen and oxygen atoms in total. The van der Waals surface area contributed by atoms with Crippen molar-refractivity contribution in [2.45, 2.75) is 13.8 Å². The molecule has 0 radical (unpaired) electrons. The Labute approximate surface area is 116 Å². The molecule has 2 rings (SSSR count). The first-order chi connectivity index (χ1) is 9.54. The molecule has 1 N–H and O–H groups in total. The van der Waals surface area contributed by atoms with Gasteiger partial charge in [-0.1, -0.05) is 30.3 Å². The Morgan fingerprint density at radius 1 is 1.15 bits per heavy atom. The van der Waals surface area contributed by atoms with Crippen LogP contribution >= 0.6 is 0 Å². The summed E-state index contributed by atoms with van der Waals surface area (Å²) >= 11 is 0. The van der Waals surface area contributed by atoms with Gasteiger partial charge >= 0.3 is 11.9 Å². The summed E-state index contributed by atoms with van der Waals surface area (Å²) in [5, 5.41) is 0. The Hall–Kier alpha value is -2.56. The minimum absolute atomic E-state index is 0.202. The van der Waals surface area contributed by atoms with Crippen LogP contribution in [-0.2, 0) is 9.53 Å². The Morgan fingerprint density at radius 2 is 1.80 bits per heavy atom. The summed E-state index contributed by atoms with van der Waals surface area (Å²) in [5.41, 5.74) is 2.23. The van der Waals surface area contributed by atoms with Crippen LogP contribution in [0.1, 0.15) is 23.0 Å². The summed E-state index contributed by atoms with van der Waals surface area (Å²) in [6, 6.07) is 9.33. The molecule has 0 saturated carbocycles. The van der Waals surface area contributed by atoms with Gasteiger partial charge in [-0.3, -0.25) is 4.79 Å². The van der Waals surface area contributed by atoms with Gasteiger partial charge in [-0.2, -0.15) is 0 Å². The second-order valence-electron chi connectivity index (χ2n) is 4.28. The average Bonchev–Trinajstić information content (AvgIpc) is 2.75. The van der Waals surface area contributed by atoms with Crippen LogP contribution in [0.15, 0.2) is 30.3 Å². The highest BCUT2D eigenvalue weighted by Crippen LogP contribution is 2.35. The van der Waals surface area contributed by atoms with Gasteiger partial charge in [-0.05, 0) is 6.92 Å². The highest BCUT2D eigenvalue weighted by molar-refractivity contribution is 5.98. The molecule has 0 bridgehead atoms. The number of aromatic nitrogens is 1. The molecule has 0 aliphatic carbocycles. The molecule has 0 aliphatic rings. The molecule has 1 heterocycles. The van der Waals surface area contributed by atoms with Crippen molar-refractivity contribution in [3.8, 4) is 17.0 Å². The van der Waals surface area contributed by atoms with E-state index in [0.717, 1.165) is 5.56 Å². The summed E-state index contributed by atoms with van der Waals surface area (Å²) < 4.78 is 9.94. The summed E-state index contributed by atoms with van der Waals surface area (Å²) in [6.45, 7) is 3.02. The molecular weight excluding hydrogens is 258 g/mol. The summed E-state index contributed by atoms with van der Waals surface area (Å²) in [4.78, 5) is 26.2. The van der Waals surface area contributed by atoms with Crippen molar-refractivity contribution >= 4 is 11.9 Å². The molecule has 0 unspecified atom stereocenters. The molecule has 0 saturated heterocycles. The largest absolute Gasteiger partial charge is 0.465 e. The molecule has 0 amide bonds.